The quantitative estimate of drug-likeness (QED) is 0.805. The first-order valence-corrected chi connectivity index (χ1v) is 5.41. The largest absolute Gasteiger partial charge is 0.416 e. The Morgan fingerprint density at radius 3 is 2.33 bits per heavy atom. The minimum atomic E-state index is -4.52. The molecule has 0 bridgehead atoms. The van der Waals surface area contributed by atoms with Gasteiger partial charge in [-0.3, -0.25) is 4.55 Å². The zero-order valence-corrected chi connectivity index (χ0v) is 8.14. The smallest absolute Gasteiger partial charge is 0.285 e. The van der Waals surface area contributed by atoms with Crippen LogP contribution in [0.15, 0.2) is 24.3 Å². The predicted octanol–water partition coefficient (Wildman–Crippen LogP) is 2.09. The molecule has 0 aliphatic heterocycles. The number of benzene rings is 1. The molecule has 0 aromatic heterocycles. The number of rotatable bonds is 2. The highest BCUT2D eigenvalue weighted by atomic mass is 32.2. The minimum absolute atomic E-state index is 0.104. The van der Waals surface area contributed by atoms with Gasteiger partial charge in [-0.25, -0.2) is 0 Å². The third-order valence-corrected chi connectivity index (χ3v) is 2.30. The Morgan fingerprint density at radius 2 is 1.87 bits per heavy atom. The molecule has 1 rings (SSSR count). The molecular formula is C8H7F3O3S. The summed E-state index contributed by atoms with van der Waals surface area (Å²) in [5, 5.41) is 0. The maximum atomic E-state index is 12.2. The van der Waals surface area contributed by atoms with Gasteiger partial charge in [0.1, 0.15) is 5.75 Å². The first-order valence-electron chi connectivity index (χ1n) is 3.80. The molecule has 0 saturated carbocycles. The Bertz CT molecular complexity index is 450. The van der Waals surface area contributed by atoms with Crippen LogP contribution in [0.3, 0.4) is 0 Å². The number of hydrogen-bond donors (Lipinski definition) is 1. The van der Waals surface area contributed by atoms with Gasteiger partial charge >= 0.3 is 6.18 Å². The molecule has 15 heavy (non-hydrogen) atoms. The minimum Gasteiger partial charge on any atom is -0.285 e. The monoisotopic (exact) mass is 240 g/mol. The molecule has 0 amide bonds. The van der Waals surface area contributed by atoms with E-state index in [0.717, 1.165) is 12.1 Å². The Kier molecular flexibility index (Phi) is 3.05. The van der Waals surface area contributed by atoms with Crippen LogP contribution in [0, 0.1) is 0 Å². The molecular weight excluding hydrogens is 233 g/mol. The second kappa shape index (κ2) is 3.82. The van der Waals surface area contributed by atoms with Crippen LogP contribution in [0.1, 0.15) is 11.1 Å². The Balaban J connectivity index is 3.04. The molecule has 0 saturated heterocycles. The molecule has 1 N–H and O–H groups in total. The fourth-order valence-corrected chi connectivity index (χ4v) is 1.65. The van der Waals surface area contributed by atoms with E-state index in [1.807, 2.05) is 0 Å². The topological polar surface area (TPSA) is 54.4 Å². The summed E-state index contributed by atoms with van der Waals surface area (Å²) < 4.78 is 65.9. The maximum absolute atomic E-state index is 12.2. The normalized spacial score (nSPS) is 12.8. The standard InChI is InChI=1S/C8H7F3O3S/c9-8(10,11)7-3-1-2-6(4-7)5-15(12,13)14/h1-4H,5H2,(H,12,13,14). The van der Waals surface area contributed by atoms with Gasteiger partial charge in [-0.2, -0.15) is 21.6 Å². The fourth-order valence-electron chi connectivity index (χ4n) is 1.05. The van der Waals surface area contributed by atoms with Crippen molar-refractivity contribution in [3.8, 4) is 0 Å². The molecule has 0 atom stereocenters. The van der Waals surface area contributed by atoms with Crippen LogP contribution in [-0.2, 0) is 22.0 Å². The van der Waals surface area contributed by atoms with Crippen LogP contribution in [0.25, 0.3) is 0 Å². The van der Waals surface area contributed by atoms with E-state index < -0.39 is 27.6 Å². The molecule has 0 fully saturated rings. The van der Waals surface area contributed by atoms with Crippen molar-refractivity contribution < 1.29 is 26.1 Å². The van der Waals surface area contributed by atoms with Crippen LogP contribution < -0.4 is 0 Å². The summed E-state index contributed by atoms with van der Waals surface area (Å²) in [6, 6.07) is 3.80. The first kappa shape index (κ1) is 12.0. The highest BCUT2D eigenvalue weighted by molar-refractivity contribution is 7.85. The van der Waals surface area contributed by atoms with Crippen molar-refractivity contribution in [3.63, 3.8) is 0 Å². The Labute approximate surface area is 84.3 Å². The van der Waals surface area contributed by atoms with Crippen molar-refractivity contribution in [2.24, 2.45) is 0 Å². The number of halogens is 3. The molecule has 7 heteroatoms. The summed E-state index contributed by atoms with van der Waals surface area (Å²) >= 11 is 0. The zero-order valence-electron chi connectivity index (χ0n) is 7.32. The van der Waals surface area contributed by atoms with Gasteiger partial charge in [0, 0.05) is 0 Å². The van der Waals surface area contributed by atoms with Crippen molar-refractivity contribution in [1.82, 2.24) is 0 Å². The molecule has 0 aliphatic carbocycles. The van der Waals surface area contributed by atoms with Crippen molar-refractivity contribution >= 4 is 10.1 Å². The van der Waals surface area contributed by atoms with E-state index in [9.17, 15) is 21.6 Å². The van der Waals surface area contributed by atoms with Gasteiger partial charge in [-0.05, 0) is 11.6 Å². The third-order valence-electron chi connectivity index (χ3n) is 1.60. The van der Waals surface area contributed by atoms with Crippen molar-refractivity contribution in [2.75, 3.05) is 0 Å². The third kappa shape index (κ3) is 3.88. The van der Waals surface area contributed by atoms with Gasteiger partial charge in [0.05, 0.1) is 5.56 Å². The summed E-state index contributed by atoms with van der Waals surface area (Å²) in [4.78, 5) is 0. The Hall–Kier alpha value is -1.08. The van der Waals surface area contributed by atoms with Gasteiger partial charge in [0.15, 0.2) is 0 Å². The summed E-state index contributed by atoms with van der Waals surface area (Å²) in [5.41, 5.74) is -1.05. The second-order valence-electron chi connectivity index (χ2n) is 2.92. The number of hydrogen-bond acceptors (Lipinski definition) is 2. The predicted molar refractivity (Wildman–Crippen MR) is 46.7 cm³/mol. The number of alkyl halides is 3. The van der Waals surface area contributed by atoms with E-state index in [2.05, 4.69) is 0 Å². The van der Waals surface area contributed by atoms with Crippen molar-refractivity contribution in [3.05, 3.63) is 35.4 Å². The van der Waals surface area contributed by atoms with Gasteiger partial charge in [-0.1, -0.05) is 18.2 Å². The van der Waals surface area contributed by atoms with E-state index in [0.29, 0.717) is 6.07 Å². The molecule has 0 heterocycles. The van der Waals surface area contributed by atoms with E-state index in [-0.39, 0.29) is 5.56 Å². The van der Waals surface area contributed by atoms with Crippen LogP contribution in [0.5, 0.6) is 0 Å². The summed E-state index contributed by atoms with van der Waals surface area (Å²) in [5.74, 6) is -0.822. The van der Waals surface area contributed by atoms with Crippen LogP contribution in [-0.4, -0.2) is 13.0 Å². The van der Waals surface area contributed by atoms with Gasteiger partial charge in [0.25, 0.3) is 10.1 Å². The van der Waals surface area contributed by atoms with E-state index >= 15 is 0 Å². The average Bonchev–Trinajstić information content (AvgIpc) is 1.99. The zero-order chi connectivity index (χ0) is 11.7. The van der Waals surface area contributed by atoms with Crippen LogP contribution in [0.2, 0.25) is 0 Å². The van der Waals surface area contributed by atoms with Crippen molar-refractivity contribution in [2.45, 2.75) is 11.9 Å². The molecule has 1 aromatic rings. The molecule has 0 spiro atoms. The SMILES string of the molecule is O=S(=O)(O)Cc1cccc(C(F)(F)F)c1. The summed E-state index contributed by atoms with van der Waals surface area (Å²) in [6.45, 7) is 0. The molecule has 0 unspecified atom stereocenters. The average molecular weight is 240 g/mol. The first-order chi connectivity index (χ1) is 6.68. The lowest BCUT2D eigenvalue weighted by molar-refractivity contribution is -0.137. The highest BCUT2D eigenvalue weighted by Crippen LogP contribution is 2.29. The highest BCUT2D eigenvalue weighted by Gasteiger charge is 2.30. The van der Waals surface area contributed by atoms with E-state index in [1.54, 1.807) is 0 Å². The molecule has 0 aliphatic rings. The fraction of sp³-hybridized carbons (Fsp3) is 0.250. The summed E-state index contributed by atoms with van der Waals surface area (Å²) in [6.07, 6.45) is -4.52. The lowest BCUT2D eigenvalue weighted by Crippen LogP contribution is -2.07. The molecule has 1 aromatic carbocycles. The van der Waals surface area contributed by atoms with E-state index in [1.165, 1.54) is 6.07 Å². The van der Waals surface area contributed by atoms with Crippen molar-refractivity contribution in [1.29, 1.82) is 0 Å². The lowest BCUT2D eigenvalue weighted by Gasteiger charge is -2.07. The van der Waals surface area contributed by atoms with Gasteiger partial charge in [-0.15, -0.1) is 0 Å². The van der Waals surface area contributed by atoms with Crippen LogP contribution >= 0.6 is 0 Å². The second-order valence-corrected chi connectivity index (χ2v) is 4.38. The maximum Gasteiger partial charge on any atom is 0.416 e. The Morgan fingerprint density at radius 1 is 1.27 bits per heavy atom. The lowest BCUT2D eigenvalue weighted by atomic mass is 10.1. The van der Waals surface area contributed by atoms with E-state index in [4.69, 9.17) is 4.55 Å². The van der Waals surface area contributed by atoms with Gasteiger partial charge in [0.2, 0.25) is 0 Å². The molecule has 0 radical (unpaired) electrons. The van der Waals surface area contributed by atoms with Gasteiger partial charge < -0.3 is 0 Å². The molecule has 84 valence electrons. The summed E-state index contributed by atoms with van der Waals surface area (Å²) in [7, 11) is -4.31. The molecule has 3 nitrogen and oxygen atoms in total. The van der Waals surface area contributed by atoms with Crippen LogP contribution in [0.4, 0.5) is 13.2 Å².